The Morgan fingerprint density at radius 2 is 2.05 bits per heavy atom. The fourth-order valence-electron chi connectivity index (χ4n) is 2.32. The molecular formula is C15H28N4. The highest BCUT2D eigenvalue weighted by molar-refractivity contribution is 5.80. The lowest BCUT2D eigenvalue weighted by atomic mass is 10.0. The molecule has 1 rings (SSSR count). The van der Waals surface area contributed by atoms with Crippen molar-refractivity contribution < 1.29 is 0 Å². The third-order valence-electron chi connectivity index (χ3n) is 3.34. The lowest BCUT2D eigenvalue weighted by Crippen LogP contribution is -2.50. The summed E-state index contributed by atoms with van der Waals surface area (Å²) in [6.07, 6.45) is 5.03. The van der Waals surface area contributed by atoms with Crippen LogP contribution in [0.2, 0.25) is 0 Å². The topological polar surface area (TPSA) is 39.7 Å². The van der Waals surface area contributed by atoms with E-state index in [4.69, 9.17) is 0 Å². The van der Waals surface area contributed by atoms with Gasteiger partial charge in [0, 0.05) is 38.8 Å². The van der Waals surface area contributed by atoms with E-state index in [0.29, 0.717) is 12.0 Å². The standard InChI is InChI=1S/C15H28N4/c1-5-10-19(11-6-2)14(13(3)4)12-18-15-16-8-7-9-17-15/h5-6,13-14H,1-2,7-12H2,3-4H3,(H2,16,17,18). The molecule has 0 amide bonds. The van der Waals surface area contributed by atoms with Gasteiger partial charge in [0.15, 0.2) is 5.96 Å². The van der Waals surface area contributed by atoms with Crippen molar-refractivity contribution in [3.8, 4) is 0 Å². The molecule has 1 atom stereocenters. The molecule has 1 aliphatic heterocycles. The van der Waals surface area contributed by atoms with Gasteiger partial charge in [-0.3, -0.25) is 9.89 Å². The van der Waals surface area contributed by atoms with Crippen molar-refractivity contribution in [3.05, 3.63) is 25.3 Å². The number of nitrogens with one attached hydrogen (secondary N) is 2. The molecule has 0 aromatic rings. The van der Waals surface area contributed by atoms with Crippen LogP contribution in [0.5, 0.6) is 0 Å². The molecule has 0 spiro atoms. The van der Waals surface area contributed by atoms with Crippen LogP contribution < -0.4 is 10.6 Å². The predicted octanol–water partition coefficient (Wildman–Crippen LogP) is 1.62. The minimum absolute atomic E-state index is 0.447. The highest BCUT2D eigenvalue weighted by atomic mass is 15.2. The molecule has 108 valence electrons. The molecule has 0 fully saturated rings. The van der Waals surface area contributed by atoms with Crippen molar-refractivity contribution in [3.63, 3.8) is 0 Å². The summed E-state index contributed by atoms with van der Waals surface area (Å²) in [5.74, 6) is 1.51. The van der Waals surface area contributed by atoms with Gasteiger partial charge in [-0.2, -0.15) is 0 Å². The Morgan fingerprint density at radius 1 is 1.37 bits per heavy atom. The molecular weight excluding hydrogens is 236 g/mol. The SMILES string of the molecule is C=CCN(CC=C)C(CNC1=NCCCN1)C(C)C. The minimum Gasteiger partial charge on any atom is -0.356 e. The number of rotatable bonds is 8. The summed E-state index contributed by atoms with van der Waals surface area (Å²) in [7, 11) is 0. The predicted molar refractivity (Wildman–Crippen MR) is 83.5 cm³/mol. The zero-order valence-corrected chi connectivity index (χ0v) is 12.4. The van der Waals surface area contributed by atoms with Crippen molar-refractivity contribution in [1.82, 2.24) is 15.5 Å². The molecule has 0 bridgehead atoms. The fraction of sp³-hybridized carbons (Fsp3) is 0.667. The van der Waals surface area contributed by atoms with Crippen LogP contribution in [-0.2, 0) is 0 Å². The fourth-order valence-corrected chi connectivity index (χ4v) is 2.32. The zero-order chi connectivity index (χ0) is 14.1. The quantitative estimate of drug-likeness (QED) is 0.655. The van der Waals surface area contributed by atoms with Gasteiger partial charge in [-0.05, 0) is 12.3 Å². The molecule has 1 heterocycles. The average Bonchev–Trinajstić information content (AvgIpc) is 2.40. The van der Waals surface area contributed by atoms with Crippen molar-refractivity contribution in [2.75, 3.05) is 32.7 Å². The Bertz CT molecular complexity index is 299. The number of hydrogen-bond acceptors (Lipinski definition) is 4. The van der Waals surface area contributed by atoms with Crippen molar-refractivity contribution in [1.29, 1.82) is 0 Å². The minimum atomic E-state index is 0.447. The summed E-state index contributed by atoms with van der Waals surface area (Å²) in [5.41, 5.74) is 0. The Labute approximate surface area is 117 Å². The van der Waals surface area contributed by atoms with Crippen LogP contribution in [0.3, 0.4) is 0 Å². The van der Waals surface area contributed by atoms with Gasteiger partial charge in [0.1, 0.15) is 0 Å². The van der Waals surface area contributed by atoms with Crippen LogP contribution in [0.1, 0.15) is 20.3 Å². The van der Waals surface area contributed by atoms with Crippen molar-refractivity contribution in [2.24, 2.45) is 10.9 Å². The molecule has 4 heteroatoms. The van der Waals surface area contributed by atoms with E-state index in [-0.39, 0.29) is 0 Å². The van der Waals surface area contributed by atoms with Gasteiger partial charge in [0.25, 0.3) is 0 Å². The number of guanidine groups is 1. The molecule has 0 aromatic heterocycles. The van der Waals surface area contributed by atoms with E-state index >= 15 is 0 Å². The number of aliphatic imine (C=N–C) groups is 1. The summed E-state index contributed by atoms with van der Waals surface area (Å²) in [6, 6.07) is 0.447. The summed E-state index contributed by atoms with van der Waals surface area (Å²) in [4.78, 5) is 6.84. The lowest BCUT2D eigenvalue weighted by Gasteiger charge is -2.33. The van der Waals surface area contributed by atoms with Gasteiger partial charge in [0.2, 0.25) is 0 Å². The molecule has 0 aromatic carbocycles. The molecule has 4 nitrogen and oxygen atoms in total. The molecule has 1 unspecified atom stereocenters. The van der Waals surface area contributed by atoms with Gasteiger partial charge < -0.3 is 10.6 Å². The summed E-state index contributed by atoms with van der Waals surface area (Å²) >= 11 is 0. The second-order valence-corrected chi connectivity index (χ2v) is 5.23. The van der Waals surface area contributed by atoms with Gasteiger partial charge in [-0.1, -0.05) is 26.0 Å². The molecule has 0 saturated carbocycles. The Balaban J connectivity index is 2.56. The molecule has 1 aliphatic rings. The number of hydrogen-bond donors (Lipinski definition) is 2. The first-order valence-corrected chi connectivity index (χ1v) is 7.17. The molecule has 0 saturated heterocycles. The largest absolute Gasteiger partial charge is 0.356 e. The first-order valence-electron chi connectivity index (χ1n) is 7.17. The van der Waals surface area contributed by atoms with E-state index in [9.17, 15) is 0 Å². The first-order chi connectivity index (χ1) is 9.19. The zero-order valence-electron chi connectivity index (χ0n) is 12.4. The first kappa shape index (κ1) is 15.8. The van der Waals surface area contributed by atoms with Gasteiger partial charge in [-0.15, -0.1) is 13.2 Å². The number of nitrogens with zero attached hydrogens (tertiary/aromatic N) is 2. The Hall–Kier alpha value is -1.29. The maximum atomic E-state index is 4.45. The average molecular weight is 264 g/mol. The molecule has 0 radical (unpaired) electrons. The smallest absolute Gasteiger partial charge is 0.191 e. The highest BCUT2D eigenvalue weighted by Gasteiger charge is 2.20. The molecule has 19 heavy (non-hydrogen) atoms. The van der Waals surface area contributed by atoms with Crippen LogP contribution in [0.4, 0.5) is 0 Å². The highest BCUT2D eigenvalue weighted by Crippen LogP contribution is 2.10. The Morgan fingerprint density at radius 3 is 2.53 bits per heavy atom. The van der Waals surface area contributed by atoms with E-state index in [1.54, 1.807) is 0 Å². The lowest BCUT2D eigenvalue weighted by molar-refractivity contribution is 0.190. The van der Waals surface area contributed by atoms with E-state index in [2.05, 4.69) is 47.5 Å². The molecule has 0 aliphatic carbocycles. The summed E-state index contributed by atoms with van der Waals surface area (Å²) < 4.78 is 0. The van der Waals surface area contributed by atoms with Crippen molar-refractivity contribution >= 4 is 5.96 Å². The van der Waals surface area contributed by atoms with E-state index in [1.807, 2.05) is 12.2 Å². The van der Waals surface area contributed by atoms with Crippen LogP contribution in [0.25, 0.3) is 0 Å². The van der Waals surface area contributed by atoms with E-state index in [0.717, 1.165) is 45.1 Å². The van der Waals surface area contributed by atoms with Gasteiger partial charge in [0.05, 0.1) is 0 Å². The maximum absolute atomic E-state index is 4.45. The summed E-state index contributed by atoms with van der Waals surface area (Å²) in [6.45, 7) is 16.8. The van der Waals surface area contributed by atoms with Gasteiger partial charge in [-0.25, -0.2) is 0 Å². The van der Waals surface area contributed by atoms with Crippen LogP contribution in [0.15, 0.2) is 30.3 Å². The van der Waals surface area contributed by atoms with Crippen LogP contribution in [-0.4, -0.2) is 49.6 Å². The molecule has 2 N–H and O–H groups in total. The monoisotopic (exact) mass is 264 g/mol. The second-order valence-electron chi connectivity index (χ2n) is 5.23. The second kappa shape index (κ2) is 8.75. The van der Waals surface area contributed by atoms with Crippen LogP contribution >= 0.6 is 0 Å². The normalized spacial score (nSPS) is 16.7. The third kappa shape index (κ3) is 5.47. The summed E-state index contributed by atoms with van der Waals surface area (Å²) in [5, 5.41) is 6.73. The third-order valence-corrected chi connectivity index (χ3v) is 3.34. The maximum Gasteiger partial charge on any atom is 0.191 e. The van der Waals surface area contributed by atoms with E-state index < -0.39 is 0 Å². The van der Waals surface area contributed by atoms with Crippen LogP contribution in [0, 0.1) is 5.92 Å². The van der Waals surface area contributed by atoms with Gasteiger partial charge >= 0.3 is 0 Å². The Kier molecular flexibility index (Phi) is 7.26. The van der Waals surface area contributed by atoms with Crippen molar-refractivity contribution in [2.45, 2.75) is 26.3 Å². The van der Waals surface area contributed by atoms with E-state index in [1.165, 1.54) is 0 Å².